The van der Waals surface area contributed by atoms with Gasteiger partial charge in [-0.1, -0.05) is 0 Å². The Morgan fingerprint density at radius 2 is 2.20 bits per heavy atom. The highest BCUT2D eigenvalue weighted by molar-refractivity contribution is 5.80. The lowest BCUT2D eigenvalue weighted by molar-refractivity contribution is -0.141. The molecule has 1 N–H and O–H groups in total. The highest BCUT2D eigenvalue weighted by Crippen LogP contribution is 2.19. The number of likely N-dealkylation sites (tertiary alicyclic amines) is 1. The number of fused-ring (bicyclic) bond motifs is 1. The number of rotatable bonds is 3. The first kappa shape index (κ1) is 13.1. The number of carboxylic acids is 1. The quantitative estimate of drug-likeness (QED) is 0.882. The normalized spacial score (nSPS) is 21.8. The molecule has 0 aromatic carbocycles. The van der Waals surface area contributed by atoms with E-state index in [-0.39, 0.29) is 12.3 Å². The third kappa shape index (κ3) is 2.55. The highest BCUT2D eigenvalue weighted by Gasteiger charge is 2.31. The van der Waals surface area contributed by atoms with Gasteiger partial charge < -0.3 is 14.6 Å². The standard InChI is InChI=1S/C14H19N3O3/c18-13(17-6-4-10(8-17)14(19)20)7-11-9-16-5-2-1-3-12(16)15-11/h9-10H,1-8H2,(H,19,20). The van der Waals surface area contributed by atoms with Crippen LogP contribution in [0.2, 0.25) is 0 Å². The molecule has 3 heterocycles. The van der Waals surface area contributed by atoms with Crippen molar-refractivity contribution in [3.05, 3.63) is 17.7 Å². The van der Waals surface area contributed by atoms with Gasteiger partial charge in [-0.3, -0.25) is 9.59 Å². The molecule has 0 radical (unpaired) electrons. The van der Waals surface area contributed by atoms with Gasteiger partial charge in [-0.2, -0.15) is 0 Å². The van der Waals surface area contributed by atoms with Crippen LogP contribution in [0.15, 0.2) is 6.20 Å². The Balaban J connectivity index is 1.62. The lowest BCUT2D eigenvalue weighted by atomic mass is 10.1. The zero-order valence-electron chi connectivity index (χ0n) is 11.4. The van der Waals surface area contributed by atoms with E-state index in [2.05, 4.69) is 9.55 Å². The Labute approximate surface area is 117 Å². The van der Waals surface area contributed by atoms with Crippen molar-refractivity contribution in [1.29, 1.82) is 0 Å². The van der Waals surface area contributed by atoms with Crippen molar-refractivity contribution in [3.63, 3.8) is 0 Å². The van der Waals surface area contributed by atoms with Crippen molar-refractivity contribution in [2.75, 3.05) is 13.1 Å². The minimum Gasteiger partial charge on any atom is -0.481 e. The number of aromatic nitrogens is 2. The zero-order valence-corrected chi connectivity index (χ0v) is 11.4. The second-order valence-electron chi connectivity index (χ2n) is 5.64. The van der Waals surface area contributed by atoms with E-state index >= 15 is 0 Å². The second-order valence-corrected chi connectivity index (χ2v) is 5.64. The van der Waals surface area contributed by atoms with Crippen LogP contribution in [0.1, 0.15) is 30.8 Å². The van der Waals surface area contributed by atoms with E-state index in [0.29, 0.717) is 19.5 Å². The molecule has 1 aromatic heterocycles. The van der Waals surface area contributed by atoms with E-state index in [0.717, 1.165) is 30.9 Å². The van der Waals surface area contributed by atoms with Gasteiger partial charge in [0.25, 0.3) is 0 Å². The fourth-order valence-electron chi connectivity index (χ4n) is 3.01. The lowest BCUT2D eigenvalue weighted by Gasteiger charge is -2.14. The van der Waals surface area contributed by atoms with Gasteiger partial charge in [-0.25, -0.2) is 4.98 Å². The number of carbonyl (C=O) groups excluding carboxylic acids is 1. The maximum atomic E-state index is 12.2. The Morgan fingerprint density at radius 1 is 1.35 bits per heavy atom. The summed E-state index contributed by atoms with van der Waals surface area (Å²) in [6.07, 6.45) is 6.13. The molecule has 1 unspecified atom stereocenters. The number of nitrogens with zero attached hydrogens (tertiary/aromatic N) is 3. The molecular formula is C14H19N3O3. The number of hydrogen-bond acceptors (Lipinski definition) is 3. The molecule has 1 amide bonds. The first-order valence-corrected chi connectivity index (χ1v) is 7.19. The van der Waals surface area contributed by atoms with Gasteiger partial charge in [-0.15, -0.1) is 0 Å². The minimum atomic E-state index is -0.808. The first-order valence-electron chi connectivity index (χ1n) is 7.19. The van der Waals surface area contributed by atoms with Crippen molar-refractivity contribution in [2.45, 2.75) is 38.6 Å². The number of aryl methyl sites for hydroxylation is 2. The summed E-state index contributed by atoms with van der Waals surface area (Å²) in [7, 11) is 0. The highest BCUT2D eigenvalue weighted by atomic mass is 16.4. The molecule has 1 atom stereocenters. The number of carboxylic acid groups (broad SMARTS) is 1. The van der Waals surface area contributed by atoms with Gasteiger partial charge in [0.15, 0.2) is 0 Å². The summed E-state index contributed by atoms with van der Waals surface area (Å²) in [5, 5.41) is 8.96. The second kappa shape index (κ2) is 5.26. The molecule has 1 fully saturated rings. The van der Waals surface area contributed by atoms with Crippen LogP contribution in [0, 0.1) is 5.92 Å². The number of amides is 1. The zero-order chi connectivity index (χ0) is 14.1. The van der Waals surface area contributed by atoms with Gasteiger partial charge in [0.2, 0.25) is 5.91 Å². The van der Waals surface area contributed by atoms with Crippen LogP contribution in [0.25, 0.3) is 0 Å². The summed E-state index contributed by atoms with van der Waals surface area (Å²) in [5.74, 6) is -0.153. The van der Waals surface area contributed by atoms with Crippen LogP contribution < -0.4 is 0 Å². The van der Waals surface area contributed by atoms with E-state index in [1.807, 2.05) is 6.20 Å². The average Bonchev–Trinajstić information content (AvgIpc) is 3.04. The summed E-state index contributed by atoms with van der Waals surface area (Å²) < 4.78 is 2.14. The Hall–Kier alpha value is -1.85. The van der Waals surface area contributed by atoms with Gasteiger partial charge >= 0.3 is 5.97 Å². The summed E-state index contributed by atoms with van der Waals surface area (Å²) in [6, 6.07) is 0. The van der Waals surface area contributed by atoms with Crippen molar-refractivity contribution in [1.82, 2.24) is 14.5 Å². The summed E-state index contributed by atoms with van der Waals surface area (Å²) in [5.41, 5.74) is 0.811. The molecule has 3 rings (SSSR count). The summed E-state index contributed by atoms with van der Waals surface area (Å²) in [4.78, 5) is 29.3. The maximum absolute atomic E-state index is 12.2. The molecule has 108 valence electrons. The fourth-order valence-corrected chi connectivity index (χ4v) is 3.01. The maximum Gasteiger partial charge on any atom is 0.308 e. The van der Waals surface area contributed by atoms with Gasteiger partial charge in [0.05, 0.1) is 18.0 Å². The van der Waals surface area contributed by atoms with Crippen molar-refractivity contribution < 1.29 is 14.7 Å². The van der Waals surface area contributed by atoms with Crippen LogP contribution in [-0.4, -0.2) is 44.5 Å². The van der Waals surface area contributed by atoms with Crippen molar-refractivity contribution >= 4 is 11.9 Å². The van der Waals surface area contributed by atoms with Crippen LogP contribution in [-0.2, 0) is 29.0 Å². The average molecular weight is 277 g/mol. The summed E-state index contributed by atoms with van der Waals surface area (Å²) in [6.45, 7) is 1.87. The Bertz CT molecular complexity index is 514. The van der Waals surface area contributed by atoms with Gasteiger partial charge in [-0.05, 0) is 19.3 Å². The third-order valence-corrected chi connectivity index (χ3v) is 4.18. The Morgan fingerprint density at radius 3 is 2.90 bits per heavy atom. The van der Waals surface area contributed by atoms with Crippen LogP contribution in [0.3, 0.4) is 0 Å². The van der Waals surface area contributed by atoms with E-state index in [9.17, 15) is 9.59 Å². The largest absolute Gasteiger partial charge is 0.481 e. The molecule has 6 nitrogen and oxygen atoms in total. The predicted molar refractivity (Wildman–Crippen MR) is 71.2 cm³/mol. The smallest absolute Gasteiger partial charge is 0.308 e. The Kier molecular flexibility index (Phi) is 3.46. The SMILES string of the molecule is O=C(O)C1CCN(C(=O)Cc2cn3c(n2)CCCC3)C1. The molecule has 1 saturated heterocycles. The molecule has 0 aliphatic carbocycles. The van der Waals surface area contributed by atoms with E-state index in [1.165, 1.54) is 6.42 Å². The number of aliphatic carboxylic acids is 1. The molecule has 6 heteroatoms. The summed E-state index contributed by atoms with van der Waals surface area (Å²) >= 11 is 0. The molecule has 0 saturated carbocycles. The minimum absolute atomic E-state index is 0.0100. The lowest BCUT2D eigenvalue weighted by Crippen LogP contribution is -2.31. The van der Waals surface area contributed by atoms with Crippen LogP contribution in [0.4, 0.5) is 0 Å². The number of imidazole rings is 1. The van der Waals surface area contributed by atoms with E-state index < -0.39 is 11.9 Å². The molecule has 20 heavy (non-hydrogen) atoms. The van der Waals surface area contributed by atoms with Crippen LogP contribution in [0.5, 0.6) is 0 Å². The molecular weight excluding hydrogens is 258 g/mol. The number of hydrogen-bond donors (Lipinski definition) is 1. The number of carbonyl (C=O) groups is 2. The fraction of sp³-hybridized carbons (Fsp3) is 0.643. The van der Waals surface area contributed by atoms with Gasteiger partial charge in [0.1, 0.15) is 5.82 Å². The van der Waals surface area contributed by atoms with Crippen LogP contribution >= 0.6 is 0 Å². The molecule has 2 aliphatic heterocycles. The topological polar surface area (TPSA) is 75.4 Å². The molecule has 0 bridgehead atoms. The van der Waals surface area contributed by atoms with Gasteiger partial charge in [0, 0.05) is 32.3 Å². The third-order valence-electron chi connectivity index (χ3n) is 4.18. The molecule has 0 spiro atoms. The first-order chi connectivity index (χ1) is 9.63. The molecule has 1 aromatic rings. The van der Waals surface area contributed by atoms with E-state index in [1.54, 1.807) is 4.90 Å². The van der Waals surface area contributed by atoms with Crippen molar-refractivity contribution in [2.24, 2.45) is 5.92 Å². The molecule has 2 aliphatic rings. The van der Waals surface area contributed by atoms with E-state index in [4.69, 9.17) is 5.11 Å². The monoisotopic (exact) mass is 277 g/mol. The predicted octanol–water partition coefficient (Wildman–Crippen LogP) is 0.695. The van der Waals surface area contributed by atoms with Crippen molar-refractivity contribution in [3.8, 4) is 0 Å².